The lowest BCUT2D eigenvalue weighted by Gasteiger charge is -2.10. The minimum atomic E-state index is -0.577. The molecule has 0 spiro atoms. The molecule has 1 amide bonds. The van der Waals surface area contributed by atoms with Crippen molar-refractivity contribution in [1.29, 1.82) is 5.26 Å². The van der Waals surface area contributed by atoms with Crippen LogP contribution in [0.2, 0.25) is 15.1 Å². The molecule has 9 heteroatoms. The minimum absolute atomic E-state index is 0.108. The van der Waals surface area contributed by atoms with Gasteiger partial charge in [-0.25, -0.2) is 4.39 Å². The molecule has 0 atom stereocenters. The molecule has 1 N–H and O–H groups in total. The number of benzene rings is 4. The van der Waals surface area contributed by atoms with Gasteiger partial charge in [-0.15, -0.1) is 0 Å². The van der Waals surface area contributed by atoms with E-state index >= 15 is 0 Å². The van der Waals surface area contributed by atoms with Crippen LogP contribution in [0, 0.1) is 17.1 Å². The highest BCUT2D eigenvalue weighted by Crippen LogP contribution is 2.28. The van der Waals surface area contributed by atoms with Gasteiger partial charge in [0.1, 0.15) is 42.2 Å². The Hall–Kier alpha value is -4.02. The van der Waals surface area contributed by atoms with Gasteiger partial charge in [0.25, 0.3) is 5.91 Å². The minimum Gasteiger partial charge on any atom is -0.489 e. The number of anilines is 1. The second-order valence-corrected chi connectivity index (χ2v) is 9.53. The van der Waals surface area contributed by atoms with E-state index in [-0.39, 0.29) is 24.6 Å². The van der Waals surface area contributed by atoms with Crippen molar-refractivity contribution in [3.8, 4) is 17.6 Å². The number of hydrogen-bond acceptors (Lipinski definition) is 4. The lowest BCUT2D eigenvalue weighted by atomic mass is 10.1. The number of halogens is 4. The summed E-state index contributed by atoms with van der Waals surface area (Å²) in [6, 6.07) is 24.6. The zero-order valence-electron chi connectivity index (χ0n) is 20.3. The molecule has 4 rings (SSSR count). The van der Waals surface area contributed by atoms with E-state index in [1.807, 2.05) is 6.07 Å². The van der Waals surface area contributed by atoms with Crippen LogP contribution in [0.25, 0.3) is 6.08 Å². The zero-order chi connectivity index (χ0) is 27.8. The van der Waals surface area contributed by atoms with Crippen molar-refractivity contribution in [3.05, 3.63) is 128 Å². The smallest absolute Gasteiger partial charge is 0.266 e. The lowest BCUT2D eigenvalue weighted by Crippen LogP contribution is -2.13. The topological polar surface area (TPSA) is 71.3 Å². The van der Waals surface area contributed by atoms with Crippen molar-refractivity contribution in [1.82, 2.24) is 0 Å². The van der Waals surface area contributed by atoms with E-state index in [2.05, 4.69) is 5.32 Å². The van der Waals surface area contributed by atoms with Gasteiger partial charge in [0.05, 0.1) is 5.02 Å². The molecule has 0 radical (unpaired) electrons. The molecule has 0 fully saturated rings. The predicted molar refractivity (Wildman–Crippen MR) is 152 cm³/mol. The highest BCUT2D eigenvalue weighted by molar-refractivity contribution is 6.35. The Morgan fingerprint density at radius 1 is 0.872 bits per heavy atom. The highest BCUT2D eigenvalue weighted by atomic mass is 35.5. The summed E-state index contributed by atoms with van der Waals surface area (Å²) in [7, 11) is 0. The van der Waals surface area contributed by atoms with Crippen LogP contribution in [0.4, 0.5) is 10.1 Å². The molecule has 0 unspecified atom stereocenters. The van der Waals surface area contributed by atoms with Gasteiger partial charge in [0.15, 0.2) is 0 Å². The standard InChI is InChI=1S/C30H20Cl3FN2O3/c31-23-5-4-21(27(32)15-23)18-38-26-10-8-25(9-11-26)36-30(37)22(16-35)13-20-3-12-29(28(33)14-20)39-17-19-1-6-24(34)7-2-19/h1-15H,17-18H2,(H,36,37)/b22-13+. The normalized spacial score (nSPS) is 11.0. The average molecular weight is 582 g/mol. The Morgan fingerprint density at radius 2 is 1.62 bits per heavy atom. The van der Waals surface area contributed by atoms with Crippen molar-refractivity contribution in [2.75, 3.05) is 5.32 Å². The number of carbonyl (C=O) groups excluding carboxylic acids is 1. The van der Waals surface area contributed by atoms with Gasteiger partial charge in [0.2, 0.25) is 0 Å². The van der Waals surface area contributed by atoms with E-state index in [0.717, 1.165) is 11.1 Å². The summed E-state index contributed by atoms with van der Waals surface area (Å²) >= 11 is 18.4. The van der Waals surface area contributed by atoms with E-state index < -0.39 is 5.91 Å². The summed E-state index contributed by atoms with van der Waals surface area (Å²) in [6.45, 7) is 0.460. The van der Waals surface area contributed by atoms with Gasteiger partial charge in [-0.3, -0.25) is 4.79 Å². The van der Waals surface area contributed by atoms with Gasteiger partial charge >= 0.3 is 0 Å². The molecular weight excluding hydrogens is 562 g/mol. The summed E-state index contributed by atoms with van der Waals surface area (Å²) in [5.41, 5.74) is 2.50. The number of carbonyl (C=O) groups is 1. The van der Waals surface area contributed by atoms with Crippen LogP contribution in [0.5, 0.6) is 11.5 Å². The monoisotopic (exact) mass is 580 g/mol. The van der Waals surface area contributed by atoms with E-state index in [1.165, 1.54) is 18.2 Å². The number of ether oxygens (including phenoxy) is 2. The number of nitrogens with zero attached hydrogens (tertiary/aromatic N) is 1. The second-order valence-electron chi connectivity index (χ2n) is 8.28. The maximum absolute atomic E-state index is 13.1. The summed E-state index contributed by atoms with van der Waals surface area (Å²) in [5.74, 6) is 0.0901. The van der Waals surface area contributed by atoms with Crippen molar-refractivity contribution >= 4 is 52.5 Å². The maximum Gasteiger partial charge on any atom is 0.266 e. The molecule has 0 saturated heterocycles. The Kier molecular flexibility index (Phi) is 9.45. The fourth-order valence-corrected chi connectivity index (χ4v) is 4.12. The van der Waals surface area contributed by atoms with E-state index in [9.17, 15) is 14.4 Å². The van der Waals surface area contributed by atoms with E-state index in [1.54, 1.807) is 72.8 Å². The molecule has 0 heterocycles. The first-order valence-corrected chi connectivity index (χ1v) is 12.7. The van der Waals surface area contributed by atoms with Crippen molar-refractivity contribution in [2.45, 2.75) is 13.2 Å². The number of hydrogen-bond donors (Lipinski definition) is 1. The van der Waals surface area contributed by atoms with Gasteiger partial charge in [-0.2, -0.15) is 5.26 Å². The van der Waals surface area contributed by atoms with Crippen LogP contribution in [-0.4, -0.2) is 5.91 Å². The number of nitrogens with one attached hydrogen (secondary N) is 1. The third kappa shape index (κ3) is 7.98. The Bertz CT molecular complexity index is 1550. The Morgan fingerprint density at radius 3 is 2.28 bits per heavy atom. The molecule has 0 saturated carbocycles. The summed E-state index contributed by atoms with van der Waals surface area (Å²) in [5, 5.41) is 13.6. The van der Waals surface area contributed by atoms with Crippen molar-refractivity contribution < 1.29 is 18.7 Å². The third-order valence-electron chi connectivity index (χ3n) is 5.46. The molecule has 0 aliphatic rings. The van der Waals surface area contributed by atoms with Gasteiger partial charge in [0, 0.05) is 21.3 Å². The first-order valence-electron chi connectivity index (χ1n) is 11.6. The number of amides is 1. The predicted octanol–water partition coefficient (Wildman–Crippen LogP) is 8.49. The Balaban J connectivity index is 1.35. The molecule has 4 aromatic carbocycles. The Labute approximate surface area is 240 Å². The second kappa shape index (κ2) is 13.2. The maximum atomic E-state index is 13.1. The fraction of sp³-hybridized carbons (Fsp3) is 0.0667. The third-order valence-corrected chi connectivity index (χ3v) is 6.34. The fourth-order valence-electron chi connectivity index (χ4n) is 3.41. The SMILES string of the molecule is N#C/C(=C\c1ccc(OCc2ccc(F)cc2)c(Cl)c1)C(=O)Nc1ccc(OCc2ccc(Cl)cc2Cl)cc1. The van der Waals surface area contributed by atoms with Crippen LogP contribution in [0.1, 0.15) is 16.7 Å². The highest BCUT2D eigenvalue weighted by Gasteiger charge is 2.11. The molecule has 5 nitrogen and oxygen atoms in total. The molecule has 0 aromatic heterocycles. The lowest BCUT2D eigenvalue weighted by molar-refractivity contribution is -0.112. The van der Waals surface area contributed by atoms with Crippen molar-refractivity contribution in [3.63, 3.8) is 0 Å². The molecule has 0 bridgehead atoms. The average Bonchev–Trinajstić information content (AvgIpc) is 2.92. The van der Waals surface area contributed by atoms with Gasteiger partial charge in [-0.1, -0.05) is 59.1 Å². The van der Waals surface area contributed by atoms with Crippen LogP contribution in [0.3, 0.4) is 0 Å². The quantitative estimate of drug-likeness (QED) is 0.159. The number of nitriles is 1. The summed E-state index contributed by atoms with van der Waals surface area (Å²) in [4.78, 5) is 12.7. The summed E-state index contributed by atoms with van der Waals surface area (Å²) < 4.78 is 24.5. The van der Waals surface area contributed by atoms with Crippen LogP contribution in [0.15, 0.2) is 90.5 Å². The van der Waals surface area contributed by atoms with Crippen LogP contribution < -0.4 is 14.8 Å². The molecule has 39 heavy (non-hydrogen) atoms. The number of rotatable bonds is 9. The molecule has 4 aromatic rings. The first kappa shape index (κ1) is 28.0. The molecule has 0 aliphatic carbocycles. The van der Waals surface area contributed by atoms with Crippen molar-refractivity contribution in [2.24, 2.45) is 0 Å². The van der Waals surface area contributed by atoms with E-state index in [0.29, 0.717) is 37.8 Å². The largest absolute Gasteiger partial charge is 0.489 e. The first-order chi connectivity index (χ1) is 18.8. The van der Waals surface area contributed by atoms with Gasteiger partial charge < -0.3 is 14.8 Å². The zero-order valence-corrected chi connectivity index (χ0v) is 22.5. The molecule has 196 valence electrons. The summed E-state index contributed by atoms with van der Waals surface area (Å²) in [6.07, 6.45) is 1.43. The van der Waals surface area contributed by atoms with Crippen LogP contribution >= 0.6 is 34.8 Å². The molecule has 0 aliphatic heterocycles. The molecular formula is C30H20Cl3FN2O3. The van der Waals surface area contributed by atoms with Crippen LogP contribution in [-0.2, 0) is 18.0 Å². The van der Waals surface area contributed by atoms with Gasteiger partial charge in [-0.05, 0) is 77.9 Å². The van der Waals surface area contributed by atoms with E-state index in [4.69, 9.17) is 44.3 Å².